The van der Waals surface area contributed by atoms with Crippen LogP contribution in [-0.4, -0.2) is 54.6 Å². The fourth-order valence-electron chi connectivity index (χ4n) is 3.33. The lowest BCUT2D eigenvalue weighted by Crippen LogP contribution is -2.47. The van der Waals surface area contributed by atoms with Gasteiger partial charge in [-0.3, -0.25) is 9.59 Å². The first kappa shape index (κ1) is 20.4. The van der Waals surface area contributed by atoms with Gasteiger partial charge < -0.3 is 10.4 Å². The summed E-state index contributed by atoms with van der Waals surface area (Å²) in [6, 6.07) is 6.92. The molecule has 0 aromatic heterocycles. The number of fused-ring (bicyclic) bond motifs is 1. The van der Waals surface area contributed by atoms with Crippen molar-refractivity contribution in [2.75, 3.05) is 18.8 Å². The van der Waals surface area contributed by atoms with E-state index in [0.29, 0.717) is 6.42 Å². The summed E-state index contributed by atoms with van der Waals surface area (Å²) < 4.78 is 26.4. The van der Waals surface area contributed by atoms with Crippen molar-refractivity contribution in [1.29, 1.82) is 0 Å². The van der Waals surface area contributed by atoms with Crippen LogP contribution < -0.4 is 5.32 Å². The first-order chi connectivity index (χ1) is 12.2. The maximum Gasteiger partial charge on any atom is 0.321 e. The van der Waals surface area contributed by atoms with Crippen LogP contribution in [0.3, 0.4) is 0 Å². The second kappa shape index (κ2) is 8.64. The van der Waals surface area contributed by atoms with Crippen molar-refractivity contribution in [2.45, 2.75) is 39.2 Å². The van der Waals surface area contributed by atoms with E-state index in [4.69, 9.17) is 0 Å². The zero-order valence-electron chi connectivity index (χ0n) is 15.1. The molecule has 0 saturated carbocycles. The molecule has 0 aliphatic heterocycles. The fourth-order valence-corrected chi connectivity index (χ4v) is 5.13. The van der Waals surface area contributed by atoms with Crippen molar-refractivity contribution < 1.29 is 23.1 Å². The van der Waals surface area contributed by atoms with Crippen LogP contribution in [0.4, 0.5) is 0 Å². The van der Waals surface area contributed by atoms with Gasteiger partial charge in [-0.2, -0.15) is 4.31 Å². The molecule has 8 heteroatoms. The lowest BCUT2D eigenvalue weighted by Gasteiger charge is -2.26. The Morgan fingerprint density at radius 2 is 1.85 bits per heavy atom. The summed E-state index contributed by atoms with van der Waals surface area (Å²) in [5, 5.41) is 11.7. The van der Waals surface area contributed by atoms with Gasteiger partial charge in [-0.1, -0.05) is 24.3 Å². The maximum absolute atomic E-state index is 12.7. The highest BCUT2D eigenvalue weighted by Gasteiger charge is 2.32. The number of hydrogen-bond donors (Lipinski definition) is 2. The molecule has 1 aromatic carbocycles. The highest BCUT2D eigenvalue weighted by Crippen LogP contribution is 2.29. The van der Waals surface area contributed by atoms with E-state index in [0.717, 1.165) is 17.1 Å². The Hall–Kier alpha value is -1.93. The van der Waals surface area contributed by atoms with Crippen molar-refractivity contribution in [3.8, 4) is 0 Å². The summed E-state index contributed by atoms with van der Waals surface area (Å²) in [7, 11) is -3.74. The zero-order chi connectivity index (χ0) is 19.3. The quantitative estimate of drug-likeness (QED) is 0.664. The standard InChI is InChI=1S/C18H26N2O5S/c1-13(18(22)23)20(9-8-19-14(2)21)26(24,25)10-7-15-11-16-5-3-4-6-17(16)12-15/h3-6,13,15H,7-12H2,1-2H3,(H,19,21)(H,22,23). The molecule has 1 unspecified atom stereocenters. The summed E-state index contributed by atoms with van der Waals surface area (Å²) >= 11 is 0. The monoisotopic (exact) mass is 382 g/mol. The van der Waals surface area contributed by atoms with E-state index in [1.54, 1.807) is 0 Å². The van der Waals surface area contributed by atoms with Crippen LogP contribution in [0.2, 0.25) is 0 Å². The van der Waals surface area contributed by atoms with Crippen LogP contribution in [-0.2, 0) is 32.5 Å². The van der Waals surface area contributed by atoms with Gasteiger partial charge in [0.25, 0.3) is 0 Å². The predicted molar refractivity (Wildman–Crippen MR) is 98.2 cm³/mol. The molecule has 0 fully saturated rings. The van der Waals surface area contributed by atoms with Crippen molar-refractivity contribution in [3.63, 3.8) is 0 Å². The smallest absolute Gasteiger partial charge is 0.321 e. The molecule has 2 N–H and O–H groups in total. The van der Waals surface area contributed by atoms with Gasteiger partial charge in [0.2, 0.25) is 15.9 Å². The third-order valence-electron chi connectivity index (χ3n) is 4.77. The number of hydrogen-bond acceptors (Lipinski definition) is 4. The molecular weight excluding hydrogens is 356 g/mol. The van der Waals surface area contributed by atoms with E-state index in [9.17, 15) is 23.1 Å². The van der Waals surface area contributed by atoms with Crippen LogP contribution >= 0.6 is 0 Å². The highest BCUT2D eigenvalue weighted by molar-refractivity contribution is 7.89. The number of amides is 1. The lowest BCUT2D eigenvalue weighted by molar-refractivity contribution is -0.140. The molecule has 0 bridgehead atoms. The molecule has 1 amide bonds. The Labute approximate surface area is 154 Å². The largest absolute Gasteiger partial charge is 0.480 e. The van der Waals surface area contributed by atoms with E-state index < -0.39 is 22.0 Å². The van der Waals surface area contributed by atoms with Gasteiger partial charge in [0, 0.05) is 20.0 Å². The number of carboxylic acid groups (broad SMARTS) is 1. The molecule has 0 spiro atoms. The van der Waals surface area contributed by atoms with Gasteiger partial charge in [-0.25, -0.2) is 8.42 Å². The van der Waals surface area contributed by atoms with Gasteiger partial charge >= 0.3 is 5.97 Å². The Kier molecular flexibility index (Phi) is 6.77. The number of nitrogens with zero attached hydrogens (tertiary/aromatic N) is 1. The van der Waals surface area contributed by atoms with Crippen molar-refractivity contribution in [3.05, 3.63) is 35.4 Å². The van der Waals surface area contributed by atoms with Gasteiger partial charge in [-0.05, 0) is 43.2 Å². The molecule has 7 nitrogen and oxygen atoms in total. The van der Waals surface area contributed by atoms with E-state index in [1.807, 2.05) is 12.1 Å². The number of carboxylic acids is 1. The summed E-state index contributed by atoms with van der Waals surface area (Å²) in [6.45, 7) is 2.71. The second-order valence-electron chi connectivity index (χ2n) is 6.76. The van der Waals surface area contributed by atoms with Gasteiger partial charge in [0.05, 0.1) is 5.75 Å². The number of sulfonamides is 1. The molecule has 0 heterocycles. The Balaban J connectivity index is 1.99. The van der Waals surface area contributed by atoms with Crippen LogP contribution in [0.15, 0.2) is 24.3 Å². The van der Waals surface area contributed by atoms with Crippen molar-refractivity contribution >= 4 is 21.9 Å². The number of rotatable bonds is 9. The Morgan fingerprint density at radius 3 is 2.35 bits per heavy atom. The fraction of sp³-hybridized carbons (Fsp3) is 0.556. The summed E-state index contributed by atoms with van der Waals surface area (Å²) in [6.07, 6.45) is 2.19. The van der Waals surface area contributed by atoms with E-state index in [1.165, 1.54) is 25.0 Å². The SMILES string of the molecule is CC(=O)NCCN(C(C)C(=O)O)S(=O)(=O)CCC1Cc2ccccc2C1. The Bertz CT molecular complexity index is 738. The summed E-state index contributed by atoms with van der Waals surface area (Å²) in [5.74, 6) is -1.33. The molecule has 0 radical (unpaired) electrons. The third-order valence-corrected chi connectivity index (χ3v) is 6.74. The molecule has 1 aliphatic carbocycles. The van der Waals surface area contributed by atoms with E-state index in [-0.39, 0.29) is 30.7 Å². The third kappa shape index (κ3) is 5.28. The second-order valence-corrected chi connectivity index (χ2v) is 8.80. The topological polar surface area (TPSA) is 104 Å². The number of carbonyl (C=O) groups excluding carboxylic acids is 1. The molecular formula is C18H26N2O5S. The molecule has 2 rings (SSSR count). The molecule has 26 heavy (non-hydrogen) atoms. The number of aliphatic carboxylic acids is 1. The molecule has 1 atom stereocenters. The van der Waals surface area contributed by atoms with Gasteiger partial charge in [0.15, 0.2) is 0 Å². The van der Waals surface area contributed by atoms with Crippen LogP contribution in [0.25, 0.3) is 0 Å². The number of benzene rings is 1. The minimum absolute atomic E-state index is 0.0553. The average molecular weight is 382 g/mol. The molecule has 0 saturated heterocycles. The molecule has 1 aromatic rings. The van der Waals surface area contributed by atoms with Crippen molar-refractivity contribution in [1.82, 2.24) is 9.62 Å². The first-order valence-electron chi connectivity index (χ1n) is 8.74. The van der Waals surface area contributed by atoms with Crippen LogP contribution in [0, 0.1) is 5.92 Å². The molecule has 144 valence electrons. The Morgan fingerprint density at radius 1 is 1.27 bits per heavy atom. The molecule has 1 aliphatic rings. The van der Waals surface area contributed by atoms with Crippen molar-refractivity contribution in [2.24, 2.45) is 5.92 Å². The first-order valence-corrected chi connectivity index (χ1v) is 10.3. The minimum Gasteiger partial charge on any atom is -0.480 e. The van der Waals surface area contributed by atoms with E-state index >= 15 is 0 Å². The van der Waals surface area contributed by atoms with Crippen LogP contribution in [0.1, 0.15) is 31.4 Å². The van der Waals surface area contributed by atoms with E-state index in [2.05, 4.69) is 17.4 Å². The predicted octanol–water partition coefficient (Wildman–Crippen LogP) is 1.03. The lowest BCUT2D eigenvalue weighted by atomic mass is 10.0. The van der Waals surface area contributed by atoms with Crippen LogP contribution in [0.5, 0.6) is 0 Å². The highest BCUT2D eigenvalue weighted by atomic mass is 32.2. The summed E-state index contributed by atoms with van der Waals surface area (Å²) in [4.78, 5) is 22.3. The maximum atomic E-state index is 12.7. The average Bonchev–Trinajstić information content (AvgIpc) is 2.99. The number of nitrogens with one attached hydrogen (secondary N) is 1. The van der Waals surface area contributed by atoms with Gasteiger partial charge in [-0.15, -0.1) is 0 Å². The zero-order valence-corrected chi connectivity index (χ0v) is 16.0. The summed E-state index contributed by atoms with van der Waals surface area (Å²) in [5.41, 5.74) is 2.52. The minimum atomic E-state index is -3.74. The normalized spacial score (nSPS) is 15.7. The number of carbonyl (C=O) groups is 2. The van der Waals surface area contributed by atoms with Gasteiger partial charge in [0.1, 0.15) is 6.04 Å².